The van der Waals surface area contributed by atoms with Crippen molar-refractivity contribution in [2.75, 3.05) is 25.2 Å². The number of anilines is 1. The lowest BCUT2D eigenvalue weighted by Gasteiger charge is -2.06. The van der Waals surface area contributed by atoms with Gasteiger partial charge in [-0.05, 0) is 0 Å². The molecular weight excluding hydrogens is 248 g/mol. The minimum atomic E-state index is -2.51. The van der Waals surface area contributed by atoms with Crippen LogP contribution < -0.4 is 16.6 Å². The number of hydrazine groups is 1. The highest BCUT2D eigenvalue weighted by atomic mass is 19.3. The normalized spacial score (nSPS) is 10.4. The average Bonchev–Trinajstić information content (AvgIpc) is 2.37. The molecule has 0 spiro atoms. The van der Waals surface area contributed by atoms with E-state index in [2.05, 4.69) is 25.4 Å². The number of nitrogen functional groups attached to an aromatic ring is 1. The topological polar surface area (TPSA) is 102 Å². The van der Waals surface area contributed by atoms with Gasteiger partial charge in [-0.2, -0.15) is 0 Å². The molecule has 9 heteroatoms. The van der Waals surface area contributed by atoms with E-state index >= 15 is 0 Å². The molecule has 0 saturated heterocycles. The van der Waals surface area contributed by atoms with Gasteiger partial charge in [-0.15, -0.1) is 0 Å². The van der Waals surface area contributed by atoms with Crippen molar-refractivity contribution in [3.05, 3.63) is 18.1 Å². The van der Waals surface area contributed by atoms with E-state index in [9.17, 15) is 13.6 Å². The van der Waals surface area contributed by atoms with Gasteiger partial charge in [0.1, 0.15) is 12.3 Å². The Morgan fingerprint density at radius 2 is 2.28 bits per heavy atom. The lowest BCUT2D eigenvalue weighted by Crippen LogP contribution is -2.29. The van der Waals surface area contributed by atoms with Gasteiger partial charge in [0.2, 0.25) is 0 Å². The summed E-state index contributed by atoms with van der Waals surface area (Å²) in [7, 11) is 0. The van der Waals surface area contributed by atoms with Crippen LogP contribution in [0.1, 0.15) is 10.5 Å². The summed E-state index contributed by atoms with van der Waals surface area (Å²) in [5.41, 5.74) is 2.32. The predicted octanol–water partition coefficient (Wildman–Crippen LogP) is -0.226. The molecule has 1 aromatic heterocycles. The lowest BCUT2D eigenvalue weighted by atomic mass is 10.4. The Bertz CT molecular complexity index is 391. The first-order chi connectivity index (χ1) is 8.63. The van der Waals surface area contributed by atoms with E-state index in [1.165, 1.54) is 12.4 Å². The molecule has 1 amide bonds. The van der Waals surface area contributed by atoms with E-state index < -0.39 is 18.9 Å². The van der Waals surface area contributed by atoms with Gasteiger partial charge in [0.05, 0.1) is 19.0 Å². The zero-order valence-corrected chi connectivity index (χ0v) is 9.40. The van der Waals surface area contributed by atoms with Crippen molar-refractivity contribution in [2.24, 2.45) is 5.84 Å². The van der Waals surface area contributed by atoms with Crippen molar-refractivity contribution < 1.29 is 18.3 Å². The molecule has 1 rings (SSSR count). The number of ether oxygens (including phenoxy) is 1. The average molecular weight is 261 g/mol. The fourth-order valence-corrected chi connectivity index (χ4v) is 1.04. The molecule has 0 fully saturated rings. The Morgan fingerprint density at radius 1 is 1.50 bits per heavy atom. The molecule has 100 valence electrons. The van der Waals surface area contributed by atoms with Crippen LogP contribution in [0.15, 0.2) is 12.4 Å². The minimum Gasteiger partial charge on any atom is -0.374 e. The van der Waals surface area contributed by atoms with Crippen molar-refractivity contribution in [3.63, 3.8) is 0 Å². The van der Waals surface area contributed by atoms with Crippen LogP contribution in [0.25, 0.3) is 0 Å². The first-order valence-corrected chi connectivity index (χ1v) is 5.06. The molecule has 0 radical (unpaired) electrons. The molecule has 1 aromatic rings. The number of carbonyl (C=O) groups excluding carboxylic acids is 1. The van der Waals surface area contributed by atoms with Gasteiger partial charge in [-0.1, -0.05) is 0 Å². The third-order valence-electron chi connectivity index (χ3n) is 1.79. The number of alkyl halides is 2. The highest BCUT2D eigenvalue weighted by molar-refractivity contribution is 5.92. The highest BCUT2D eigenvalue weighted by Gasteiger charge is 2.08. The van der Waals surface area contributed by atoms with Crippen LogP contribution in [0.2, 0.25) is 0 Å². The Balaban J connectivity index is 2.31. The van der Waals surface area contributed by atoms with Crippen LogP contribution in [0.3, 0.4) is 0 Å². The number of aromatic nitrogens is 2. The summed E-state index contributed by atoms with van der Waals surface area (Å²) in [5, 5.41) is 2.44. The van der Waals surface area contributed by atoms with Crippen molar-refractivity contribution in [2.45, 2.75) is 6.43 Å². The monoisotopic (exact) mass is 261 g/mol. The number of nitrogens with one attached hydrogen (secondary N) is 2. The number of rotatable bonds is 7. The number of halogens is 2. The fourth-order valence-electron chi connectivity index (χ4n) is 1.04. The van der Waals surface area contributed by atoms with Crippen LogP contribution in [0, 0.1) is 0 Å². The predicted molar refractivity (Wildman–Crippen MR) is 59.0 cm³/mol. The van der Waals surface area contributed by atoms with Gasteiger partial charge < -0.3 is 15.5 Å². The first-order valence-electron chi connectivity index (χ1n) is 5.06. The third kappa shape index (κ3) is 4.97. The molecule has 0 aliphatic rings. The van der Waals surface area contributed by atoms with E-state index in [-0.39, 0.29) is 24.7 Å². The molecule has 7 nitrogen and oxygen atoms in total. The maximum Gasteiger partial charge on any atom is 0.271 e. The van der Waals surface area contributed by atoms with Gasteiger partial charge in [0.25, 0.3) is 12.3 Å². The summed E-state index contributed by atoms with van der Waals surface area (Å²) < 4.78 is 28.0. The summed E-state index contributed by atoms with van der Waals surface area (Å²) in [5.74, 6) is 4.87. The lowest BCUT2D eigenvalue weighted by molar-refractivity contribution is 0.0188. The van der Waals surface area contributed by atoms with Crippen molar-refractivity contribution in [1.82, 2.24) is 15.3 Å². The molecule has 0 aromatic carbocycles. The van der Waals surface area contributed by atoms with E-state index in [1.807, 2.05) is 0 Å². The van der Waals surface area contributed by atoms with E-state index in [1.54, 1.807) is 0 Å². The van der Waals surface area contributed by atoms with Gasteiger partial charge in [-0.25, -0.2) is 19.6 Å². The number of amides is 1. The highest BCUT2D eigenvalue weighted by Crippen LogP contribution is 1.99. The second kappa shape index (κ2) is 7.45. The summed E-state index contributed by atoms with van der Waals surface area (Å²) in [6.07, 6.45) is 0.0949. The number of hydrogen-bond donors (Lipinski definition) is 3. The zero-order valence-electron chi connectivity index (χ0n) is 9.40. The molecule has 1 heterocycles. The Kier molecular flexibility index (Phi) is 5.88. The standard InChI is InChI=1S/C9H13F2N5O2/c10-7(11)5-18-2-1-14-9(17)6-3-13-4-8(15-6)16-12/h3-4,7H,1-2,5,12H2,(H,14,17)(H,15,16). The zero-order chi connectivity index (χ0) is 13.4. The molecule has 0 unspecified atom stereocenters. The van der Waals surface area contributed by atoms with Gasteiger partial charge in [-0.3, -0.25) is 9.78 Å². The number of nitrogens with two attached hydrogens (primary N) is 1. The second-order valence-corrected chi connectivity index (χ2v) is 3.16. The molecule has 0 bridgehead atoms. The Hall–Kier alpha value is -1.87. The summed E-state index contributed by atoms with van der Waals surface area (Å²) in [4.78, 5) is 19.1. The van der Waals surface area contributed by atoms with Crippen molar-refractivity contribution in [3.8, 4) is 0 Å². The van der Waals surface area contributed by atoms with Crippen molar-refractivity contribution in [1.29, 1.82) is 0 Å². The minimum absolute atomic E-state index is 0.00165. The maximum atomic E-state index is 11.7. The molecular formula is C9H13F2N5O2. The quantitative estimate of drug-likeness (QED) is 0.356. The van der Waals surface area contributed by atoms with Gasteiger partial charge in [0.15, 0.2) is 5.82 Å². The summed E-state index contributed by atoms with van der Waals surface area (Å²) in [6.45, 7) is -0.548. The van der Waals surface area contributed by atoms with Gasteiger partial charge >= 0.3 is 0 Å². The number of carbonyl (C=O) groups is 1. The number of nitrogens with zero attached hydrogens (tertiary/aromatic N) is 2. The third-order valence-corrected chi connectivity index (χ3v) is 1.79. The molecule has 0 atom stereocenters. The summed E-state index contributed by atoms with van der Waals surface area (Å²) >= 11 is 0. The van der Waals surface area contributed by atoms with Gasteiger partial charge in [0, 0.05) is 6.54 Å². The largest absolute Gasteiger partial charge is 0.374 e. The maximum absolute atomic E-state index is 11.7. The van der Waals surface area contributed by atoms with Crippen LogP contribution in [-0.4, -0.2) is 42.1 Å². The van der Waals surface area contributed by atoms with E-state index in [0.29, 0.717) is 0 Å². The fraction of sp³-hybridized carbons (Fsp3) is 0.444. The van der Waals surface area contributed by atoms with E-state index in [0.717, 1.165) is 0 Å². The molecule has 18 heavy (non-hydrogen) atoms. The second-order valence-electron chi connectivity index (χ2n) is 3.16. The Morgan fingerprint density at radius 3 is 2.94 bits per heavy atom. The summed E-state index contributed by atoms with van der Waals surface area (Å²) in [6, 6.07) is 0. The first kappa shape index (κ1) is 14.2. The molecule has 4 N–H and O–H groups in total. The molecule has 0 saturated carbocycles. The smallest absolute Gasteiger partial charge is 0.271 e. The van der Waals surface area contributed by atoms with Crippen molar-refractivity contribution >= 4 is 11.7 Å². The molecule has 0 aliphatic heterocycles. The SMILES string of the molecule is NNc1cncc(C(=O)NCCOCC(F)F)n1. The number of hydrogen-bond acceptors (Lipinski definition) is 6. The van der Waals surface area contributed by atoms with Crippen LogP contribution in [0.4, 0.5) is 14.6 Å². The Labute approximate surface area is 102 Å². The molecule has 0 aliphatic carbocycles. The van der Waals surface area contributed by atoms with Crippen LogP contribution >= 0.6 is 0 Å². The van der Waals surface area contributed by atoms with E-state index in [4.69, 9.17) is 5.84 Å². The van der Waals surface area contributed by atoms with Crippen LogP contribution in [0.5, 0.6) is 0 Å². The van der Waals surface area contributed by atoms with Crippen LogP contribution in [-0.2, 0) is 4.74 Å².